The highest BCUT2D eigenvalue weighted by atomic mass is 32.2. The van der Waals surface area contributed by atoms with Gasteiger partial charge in [0.2, 0.25) is 0 Å². The van der Waals surface area contributed by atoms with Crippen molar-refractivity contribution in [1.29, 1.82) is 0 Å². The molecule has 6 heteroatoms. The zero-order chi connectivity index (χ0) is 16.9. The number of carbonyl (C=O) groups is 1. The summed E-state index contributed by atoms with van der Waals surface area (Å²) in [6, 6.07) is 8.89. The fourth-order valence-corrected chi connectivity index (χ4v) is 3.19. The molecule has 0 radical (unpaired) electrons. The Bertz CT molecular complexity index is 836. The molecule has 5 nitrogen and oxygen atoms in total. The van der Waals surface area contributed by atoms with Gasteiger partial charge in [0.05, 0.1) is 6.61 Å². The maximum atomic E-state index is 11.7. The third-order valence-electron chi connectivity index (χ3n) is 3.78. The fraction of sp³-hybridized carbons (Fsp3) is 0.222. The summed E-state index contributed by atoms with van der Waals surface area (Å²) >= 11 is 1.89. The van der Waals surface area contributed by atoms with Crippen LogP contribution >= 0.6 is 11.8 Å². The maximum Gasteiger partial charge on any atom is 0.261 e. The quantitative estimate of drug-likeness (QED) is 0.879. The van der Waals surface area contributed by atoms with Crippen LogP contribution < -0.4 is 16.0 Å². The van der Waals surface area contributed by atoms with Crippen molar-refractivity contribution in [3.8, 4) is 17.0 Å². The minimum absolute atomic E-state index is 0.0406. The minimum atomic E-state index is -0.731. The van der Waals surface area contributed by atoms with Crippen LogP contribution in [0.4, 0.5) is 0 Å². The summed E-state index contributed by atoms with van der Waals surface area (Å²) in [4.78, 5) is 25.4. The number of nitrogens with one attached hydrogen (secondary N) is 1. The Kier molecular flexibility index (Phi) is 5.05. The second-order valence-electron chi connectivity index (χ2n) is 5.43. The molecule has 124 valence electrons. The maximum absolute atomic E-state index is 11.7. The van der Waals surface area contributed by atoms with Crippen LogP contribution in [0.5, 0.6) is 5.75 Å². The van der Waals surface area contributed by atoms with Gasteiger partial charge in [0.25, 0.3) is 11.5 Å². The molecule has 0 saturated heterocycles. The number of allylic oxidation sites excluding steroid dienone is 1. The molecule has 2 aliphatic rings. The summed E-state index contributed by atoms with van der Waals surface area (Å²) in [5, 5.41) is 2.15. The number of amides is 1. The van der Waals surface area contributed by atoms with Crippen molar-refractivity contribution in [2.75, 3.05) is 12.4 Å². The number of rotatable bonds is 2. The van der Waals surface area contributed by atoms with Crippen LogP contribution in [-0.2, 0) is 6.42 Å². The largest absolute Gasteiger partial charge is 0.493 e. The lowest BCUT2D eigenvalue weighted by Crippen LogP contribution is -2.23. The van der Waals surface area contributed by atoms with E-state index in [9.17, 15) is 9.59 Å². The minimum Gasteiger partial charge on any atom is -0.493 e. The molecule has 0 atom stereocenters. The van der Waals surface area contributed by atoms with E-state index < -0.39 is 11.5 Å². The topological polar surface area (TPSA) is 85.2 Å². The molecule has 0 fully saturated rings. The van der Waals surface area contributed by atoms with Gasteiger partial charge in [-0.25, -0.2) is 0 Å². The zero-order valence-corrected chi connectivity index (χ0v) is 13.9. The van der Waals surface area contributed by atoms with Gasteiger partial charge in [-0.15, -0.1) is 11.8 Å². The molecular formula is C18H18N2O3S. The van der Waals surface area contributed by atoms with Gasteiger partial charge in [-0.05, 0) is 35.6 Å². The molecule has 0 unspecified atom stereocenters. The number of aromatic amines is 1. The Morgan fingerprint density at radius 1 is 1.25 bits per heavy atom. The molecule has 2 aromatic rings. The number of hydrogen-bond donors (Lipinski definition) is 2. The van der Waals surface area contributed by atoms with Gasteiger partial charge < -0.3 is 15.5 Å². The third kappa shape index (κ3) is 3.71. The Morgan fingerprint density at radius 2 is 2.12 bits per heavy atom. The summed E-state index contributed by atoms with van der Waals surface area (Å²) in [6.45, 7) is 0.690. The average Bonchev–Trinajstić information content (AvgIpc) is 3.28. The molecule has 0 aliphatic carbocycles. The Morgan fingerprint density at radius 3 is 2.75 bits per heavy atom. The number of aromatic nitrogens is 1. The van der Waals surface area contributed by atoms with Crippen LogP contribution in [0.3, 0.4) is 0 Å². The highest BCUT2D eigenvalue weighted by Crippen LogP contribution is 2.29. The van der Waals surface area contributed by atoms with E-state index in [0.717, 1.165) is 17.7 Å². The van der Waals surface area contributed by atoms with E-state index >= 15 is 0 Å². The van der Waals surface area contributed by atoms with Gasteiger partial charge in [0.1, 0.15) is 11.3 Å². The third-order valence-corrected chi connectivity index (χ3v) is 4.63. The summed E-state index contributed by atoms with van der Waals surface area (Å²) in [6.07, 6.45) is 4.39. The van der Waals surface area contributed by atoms with E-state index in [-0.39, 0.29) is 5.56 Å². The van der Waals surface area contributed by atoms with Gasteiger partial charge >= 0.3 is 0 Å². The molecule has 0 spiro atoms. The van der Waals surface area contributed by atoms with Crippen LogP contribution in [0.2, 0.25) is 0 Å². The van der Waals surface area contributed by atoms with Crippen molar-refractivity contribution in [1.82, 2.24) is 4.98 Å². The fourth-order valence-electron chi connectivity index (χ4n) is 2.51. The van der Waals surface area contributed by atoms with Crippen LogP contribution in [0.25, 0.3) is 11.3 Å². The number of thioether (sulfide) groups is 1. The Labute approximate surface area is 143 Å². The summed E-state index contributed by atoms with van der Waals surface area (Å²) in [5.74, 6) is 1.42. The second kappa shape index (κ2) is 7.40. The SMILES string of the molecule is C1=CSCC1.NC(=O)c1ccc(-c2ccc3c(c2)OCC3)[nH]c1=O. The van der Waals surface area contributed by atoms with Crippen molar-refractivity contribution < 1.29 is 9.53 Å². The van der Waals surface area contributed by atoms with E-state index in [2.05, 4.69) is 16.5 Å². The summed E-state index contributed by atoms with van der Waals surface area (Å²) in [7, 11) is 0. The molecule has 1 aromatic heterocycles. The van der Waals surface area contributed by atoms with Crippen LogP contribution in [0.15, 0.2) is 46.6 Å². The van der Waals surface area contributed by atoms with Gasteiger partial charge in [0, 0.05) is 23.4 Å². The molecule has 1 aromatic carbocycles. The second-order valence-corrected chi connectivity index (χ2v) is 6.45. The van der Waals surface area contributed by atoms with Crippen LogP contribution in [0.1, 0.15) is 22.3 Å². The zero-order valence-electron chi connectivity index (χ0n) is 13.1. The van der Waals surface area contributed by atoms with Crippen LogP contribution in [-0.4, -0.2) is 23.3 Å². The molecule has 1 amide bonds. The Balaban J connectivity index is 0.000000290. The number of primary amides is 1. The molecule has 2 aliphatic heterocycles. The highest BCUT2D eigenvalue weighted by molar-refractivity contribution is 8.02. The number of H-pyrrole nitrogens is 1. The van der Waals surface area contributed by atoms with Gasteiger partial charge in [-0.2, -0.15) is 0 Å². The van der Waals surface area contributed by atoms with E-state index in [1.54, 1.807) is 6.07 Å². The number of hydrogen-bond acceptors (Lipinski definition) is 4. The first-order valence-corrected chi connectivity index (χ1v) is 8.76. The molecular weight excluding hydrogens is 324 g/mol. The molecule has 3 N–H and O–H groups in total. The molecule has 0 bridgehead atoms. The number of pyridine rings is 1. The predicted molar refractivity (Wildman–Crippen MR) is 96.4 cm³/mol. The smallest absolute Gasteiger partial charge is 0.261 e. The predicted octanol–water partition coefficient (Wildman–Crippen LogP) is 2.71. The molecule has 0 saturated carbocycles. The van der Waals surface area contributed by atoms with Crippen LogP contribution in [0, 0.1) is 0 Å². The Hall–Kier alpha value is -2.47. The molecule has 3 heterocycles. The standard InChI is InChI=1S/C14H12N2O3.C4H6S/c15-13(17)10-3-4-11(16-14(10)18)9-2-1-8-5-6-19-12(8)7-9;1-2-4-5-3-1/h1-4,7H,5-6H2,(H2,15,17)(H,16,18);1,3H,2,4H2. The van der Waals surface area contributed by atoms with Crippen molar-refractivity contribution in [2.24, 2.45) is 5.73 Å². The number of ether oxygens (including phenoxy) is 1. The lowest BCUT2D eigenvalue weighted by molar-refractivity contribution is 0.0999. The number of carbonyl (C=O) groups excluding carboxylic acids is 1. The van der Waals surface area contributed by atoms with E-state index in [1.165, 1.54) is 23.8 Å². The number of nitrogens with two attached hydrogens (primary N) is 1. The number of benzene rings is 1. The van der Waals surface area contributed by atoms with Gasteiger partial charge in [0.15, 0.2) is 0 Å². The van der Waals surface area contributed by atoms with E-state index in [4.69, 9.17) is 10.5 Å². The number of fused-ring (bicyclic) bond motifs is 1. The highest BCUT2D eigenvalue weighted by Gasteiger charge is 2.13. The normalized spacial score (nSPS) is 14.5. The molecule has 24 heavy (non-hydrogen) atoms. The van der Waals surface area contributed by atoms with Crippen molar-refractivity contribution in [3.63, 3.8) is 0 Å². The van der Waals surface area contributed by atoms with Gasteiger partial charge in [-0.1, -0.05) is 18.2 Å². The monoisotopic (exact) mass is 342 g/mol. The van der Waals surface area contributed by atoms with E-state index in [1.807, 2.05) is 30.0 Å². The summed E-state index contributed by atoms with van der Waals surface area (Å²) < 4.78 is 5.49. The first kappa shape index (κ1) is 16.4. The van der Waals surface area contributed by atoms with E-state index in [0.29, 0.717) is 12.3 Å². The van der Waals surface area contributed by atoms with Crippen molar-refractivity contribution in [3.05, 3.63) is 63.3 Å². The lowest BCUT2D eigenvalue weighted by atomic mass is 10.1. The van der Waals surface area contributed by atoms with Crippen molar-refractivity contribution in [2.45, 2.75) is 12.8 Å². The lowest BCUT2D eigenvalue weighted by Gasteiger charge is -2.05. The summed E-state index contributed by atoms with van der Waals surface area (Å²) in [5.41, 5.74) is 7.22. The first-order valence-electron chi connectivity index (χ1n) is 7.71. The van der Waals surface area contributed by atoms with Gasteiger partial charge in [-0.3, -0.25) is 9.59 Å². The average molecular weight is 342 g/mol. The molecule has 4 rings (SSSR count). The van der Waals surface area contributed by atoms with Crippen molar-refractivity contribution >= 4 is 17.7 Å². The first-order chi connectivity index (χ1) is 11.6.